The van der Waals surface area contributed by atoms with Crippen LogP contribution in [0.5, 0.6) is 0 Å². The molecule has 4 nitrogen and oxygen atoms in total. The zero-order valence-electron chi connectivity index (χ0n) is 11.7. The largest absolute Gasteiger partial charge is 0.391 e. The zero-order valence-corrected chi connectivity index (χ0v) is 14.8. The van der Waals surface area contributed by atoms with Gasteiger partial charge in [-0.1, -0.05) is 46.0 Å². The van der Waals surface area contributed by atoms with Crippen molar-refractivity contribution in [3.63, 3.8) is 0 Å². The number of hydrogen-bond acceptors (Lipinski definition) is 4. The van der Waals surface area contributed by atoms with Gasteiger partial charge in [0, 0.05) is 20.6 Å². The Hall–Kier alpha value is -1.27. The first-order valence-electron chi connectivity index (χ1n) is 6.44. The molecule has 0 bridgehead atoms. The van der Waals surface area contributed by atoms with E-state index in [0.717, 1.165) is 0 Å². The molecule has 2 aromatic carbocycles. The Kier molecular flexibility index (Phi) is 6.30. The van der Waals surface area contributed by atoms with Crippen LogP contribution in [0.4, 0.5) is 0 Å². The smallest absolute Gasteiger partial charge is 0.183 e. The van der Waals surface area contributed by atoms with E-state index in [0.29, 0.717) is 20.6 Å². The number of hydrogen-bond donors (Lipinski definition) is 0. The molecule has 0 aliphatic carbocycles. The van der Waals surface area contributed by atoms with Crippen LogP contribution in [-0.2, 0) is 21.3 Å². The second-order valence-corrected chi connectivity index (χ2v) is 7.85. The molecule has 0 unspecified atom stereocenters. The summed E-state index contributed by atoms with van der Waals surface area (Å²) >= 11 is 17.5. The summed E-state index contributed by atoms with van der Waals surface area (Å²) < 4.78 is 24.1. The van der Waals surface area contributed by atoms with Gasteiger partial charge < -0.3 is 4.84 Å². The molecule has 2 rings (SSSR count). The van der Waals surface area contributed by atoms with E-state index in [4.69, 9.17) is 39.6 Å². The van der Waals surface area contributed by atoms with Gasteiger partial charge in [-0.25, -0.2) is 8.42 Å². The minimum Gasteiger partial charge on any atom is -0.391 e. The second-order valence-electron chi connectivity index (χ2n) is 4.53. The third-order valence-corrected chi connectivity index (χ3v) is 5.27. The van der Waals surface area contributed by atoms with Crippen LogP contribution in [0.15, 0.2) is 52.5 Å². The molecule has 2 aromatic rings. The van der Waals surface area contributed by atoms with Crippen LogP contribution < -0.4 is 0 Å². The Labute approximate surface area is 149 Å². The van der Waals surface area contributed by atoms with Crippen molar-refractivity contribution in [2.45, 2.75) is 11.5 Å². The lowest BCUT2D eigenvalue weighted by Crippen LogP contribution is -2.07. The van der Waals surface area contributed by atoms with Gasteiger partial charge in [-0.2, -0.15) is 0 Å². The van der Waals surface area contributed by atoms with Crippen LogP contribution in [0, 0.1) is 0 Å². The molecule has 0 aliphatic rings. The standard InChI is InChI=1S/C15H12Cl3NO3S/c16-12-3-5-14(6-4-12)23(20,21)8-7-19-22-10-11-1-2-13(17)9-15(11)18/h1-7,9H,8,10H2/b19-7+. The number of rotatable bonds is 6. The zero-order chi connectivity index (χ0) is 16.9. The van der Waals surface area contributed by atoms with Gasteiger partial charge in [0.1, 0.15) is 6.61 Å². The predicted molar refractivity (Wildman–Crippen MR) is 93.2 cm³/mol. The first-order valence-corrected chi connectivity index (χ1v) is 9.23. The number of halogens is 3. The summed E-state index contributed by atoms with van der Waals surface area (Å²) in [7, 11) is -3.47. The minimum absolute atomic E-state index is 0.119. The van der Waals surface area contributed by atoms with Gasteiger partial charge in [0.2, 0.25) is 0 Å². The molecule has 0 fully saturated rings. The van der Waals surface area contributed by atoms with E-state index in [1.807, 2.05) is 0 Å². The molecule has 0 heterocycles. The summed E-state index contributed by atoms with van der Waals surface area (Å²) in [4.78, 5) is 5.22. The molecule has 0 saturated heterocycles. The average molecular weight is 393 g/mol. The van der Waals surface area contributed by atoms with E-state index in [9.17, 15) is 8.42 Å². The minimum atomic E-state index is -3.47. The molecule has 122 valence electrons. The first-order chi connectivity index (χ1) is 10.9. The lowest BCUT2D eigenvalue weighted by molar-refractivity contribution is 0.132. The number of sulfone groups is 1. The van der Waals surface area contributed by atoms with E-state index in [1.165, 1.54) is 30.5 Å². The molecule has 0 aliphatic heterocycles. The van der Waals surface area contributed by atoms with E-state index in [1.54, 1.807) is 18.2 Å². The van der Waals surface area contributed by atoms with Crippen molar-refractivity contribution < 1.29 is 13.3 Å². The molecule has 0 saturated carbocycles. The van der Waals surface area contributed by atoms with Crippen molar-refractivity contribution in [2.24, 2.45) is 5.16 Å². The van der Waals surface area contributed by atoms with Crippen LogP contribution in [-0.4, -0.2) is 20.4 Å². The third kappa shape index (κ3) is 5.39. The van der Waals surface area contributed by atoms with Gasteiger partial charge in [0.25, 0.3) is 0 Å². The summed E-state index contributed by atoms with van der Waals surface area (Å²) in [5.74, 6) is -0.275. The molecule has 0 N–H and O–H groups in total. The lowest BCUT2D eigenvalue weighted by atomic mass is 10.2. The Bertz CT molecular complexity index is 805. The molecule has 8 heteroatoms. The highest BCUT2D eigenvalue weighted by Crippen LogP contribution is 2.21. The molecule has 23 heavy (non-hydrogen) atoms. The highest BCUT2D eigenvalue weighted by molar-refractivity contribution is 7.92. The highest BCUT2D eigenvalue weighted by Gasteiger charge is 2.12. The molecule has 0 radical (unpaired) electrons. The van der Waals surface area contributed by atoms with Gasteiger partial charge in [0.05, 0.1) is 16.9 Å². The quantitative estimate of drug-likeness (QED) is 0.532. The van der Waals surface area contributed by atoms with Gasteiger partial charge in [-0.15, -0.1) is 0 Å². The van der Waals surface area contributed by atoms with Crippen LogP contribution >= 0.6 is 34.8 Å². The molecule has 0 aromatic heterocycles. The van der Waals surface area contributed by atoms with Gasteiger partial charge in [-0.3, -0.25) is 0 Å². The van der Waals surface area contributed by atoms with E-state index < -0.39 is 9.84 Å². The third-order valence-electron chi connectivity index (χ3n) is 2.85. The van der Waals surface area contributed by atoms with Crippen molar-refractivity contribution in [3.8, 4) is 0 Å². The number of oxime groups is 1. The maximum Gasteiger partial charge on any atom is 0.183 e. The van der Waals surface area contributed by atoms with E-state index in [-0.39, 0.29) is 17.3 Å². The molecule has 0 spiro atoms. The second kappa shape index (κ2) is 8.02. The average Bonchev–Trinajstić information content (AvgIpc) is 2.49. The SMILES string of the molecule is O=S(=O)(C/C=N/OCc1ccc(Cl)cc1Cl)c1ccc(Cl)cc1. The molecule has 0 amide bonds. The molecule has 0 atom stereocenters. The van der Waals surface area contributed by atoms with Crippen molar-refractivity contribution in [1.29, 1.82) is 0 Å². The Balaban J connectivity index is 1.90. The summed E-state index contributed by atoms with van der Waals surface area (Å²) in [6.45, 7) is 0.119. The van der Waals surface area contributed by atoms with E-state index in [2.05, 4.69) is 5.16 Å². The fourth-order valence-electron chi connectivity index (χ4n) is 1.66. The lowest BCUT2D eigenvalue weighted by Gasteiger charge is -2.03. The fourth-order valence-corrected chi connectivity index (χ4v) is 3.25. The van der Waals surface area contributed by atoms with Gasteiger partial charge >= 0.3 is 0 Å². The van der Waals surface area contributed by atoms with Crippen LogP contribution in [0.1, 0.15) is 5.56 Å². The predicted octanol–water partition coefficient (Wildman–Crippen LogP) is 4.62. The van der Waals surface area contributed by atoms with Crippen LogP contribution in [0.3, 0.4) is 0 Å². The topological polar surface area (TPSA) is 55.7 Å². The van der Waals surface area contributed by atoms with Gasteiger partial charge in [-0.05, 0) is 36.4 Å². The monoisotopic (exact) mass is 391 g/mol. The van der Waals surface area contributed by atoms with Crippen molar-refractivity contribution in [1.82, 2.24) is 0 Å². The normalized spacial score (nSPS) is 11.8. The van der Waals surface area contributed by atoms with Gasteiger partial charge in [0.15, 0.2) is 9.84 Å². The van der Waals surface area contributed by atoms with Crippen LogP contribution in [0.25, 0.3) is 0 Å². The fraction of sp³-hybridized carbons (Fsp3) is 0.133. The van der Waals surface area contributed by atoms with Crippen molar-refractivity contribution in [3.05, 3.63) is 63.1 Å². The van der Waals surface area contributed by atoms with E-state index >= 15 is 0 Å². The molecular formula is C15H12Cl3NO3S. The van der Waals surface area contributed by atoms with Crippen molar-refractivity contribution in [2.75, 3.05) is 5.75 Å². The Morgan fingerprint density at radius 2 is 1.65 bits per heavy atom. The number of benzene rings is 2. The number of nitrogens with zero attached hydrogens (tertiary/aromatic N) is 1. The Morgan fingerprint density at radius 1 is 1.00 bits per heavy atom. The Morgan fingerprint density at radius 3 is 2.30 bits per heavy atom. The maximum atomic E-state index is 12.0. The maximum absolute atomic E-state index is 12.0. The van der Waals surface area contributed by atoms with Crippen molar-refractivity contribution >= 4 is 50.9 Å². The highest BCUT2D eigenvalue weighted by atomic mass is 35.5. The molecular weight excluding hydrogens is 381 g/mol. The summed E-state index contributed by atoms with van der Waals surface area (Å²) in [5, 5.41) is 5.09. The summed E-state index contributed by atoms with van der Waals surface area (Å²) in [6.07, 6.45) is 1.19. The van der Waals surface area contributed by atoms with Crippen LogP contribution in [0.2, 0.25) is 15.1 Å². The summed E-state index contributed by atoms with van der Waals surface area (Å²) in [5.41, 5.74) is 0.703. The summed E-state index contributed by atoms with van der Waals surface area (Å²) in [6, 6.07) is 10.9. The first kappa shape index (κ1) is 18.1.